The molecule has 3 rings (SSSR count). The van der Waals surface area contributed by atoms with E-state index in [0.29, 0.717) is 43.1 Å². The van der Waals surface area contributed by atoms with Crippen molar-refractivity contribution in [3.8, 4) is 11.5 Å². The molecule has 0 bridgehead atoms. The van der Waals surface area contributed by atoms with E-state index in [1.807, 2.05) is 19.0 Å². The lowest BCUT2D eigenvalue weighted by atomic mass is 9.76. The van der Waals surface area contributed by atoms with E-state index >= 15 is 0 Å². The van der Waals surface area contributed by atoms with Crippen LogP contribution >= 0.6 is 0 Å². The number of nitrogens with zero attached hydrogens (tertiary/aromatic N) is 2. The summed E-state index contributed by atoms with van der Waals surface area (Å²) < 4.78 is 16.1. The van der Waals surface area contributed by atoms with Gasteiger partial charge in [0.2, 0.25) is 0 Å². The molecule has 2 aliphatic heterocycles. The Hall–Kier alpha value is -2.48. The number of esters is 1. The van der Waals surface area contributed by atoms with Gasteiger partial charge in [0.25, 0.3) is 0 Å². The Bertz CT molecular complexity index is 729. The highest BCUT2D eigenvalue weighted by Crippen LogP contribution is 2.43. The molecule has 0 saturated carbocycles. The van der Waals surface area contributed by atoms with Crippen LogP contribution in [0.1, 0.15) is 19.3 Å². The number of carbonyl (C=O) groups excluding carboxylic acids is 2. The first-order chi connectivity index (χ1) is 13.4. The molecular weight excluding hydrogens is 362 g/mol. The molecule has 1 N–H and O–H groups in total. The van der Waals surface area contributed by atoms with Crippen molar-refractivity contribution in [3.05, 3.63) is 18.2 Å². The summed E-state index contributed by atoms with van der Waals surface area (Å²) in [5, 5.41) is 2.89. The lowest BCUT2D eigenvalue weighted by Gasteiger charge is -2.36. The molecule has 1 aromatic carbocycles. The summed E-state index contributed by atoms with van der Waals surface area (Å²) in [6.45, 7) is 1.77. The van der Waals surface area contributed by atoms with Gasteiger partial charge in [0.15, 0.2) is 0 Å². The molecule has 2 fully saturated rings. The third kappa shape index (κ3) is 4.16. The fourth-order valence-corrected chi connectivity index (χ4v) is 3.99. The summed E-state index contributed by atoms with van der Waals surface area (Å²) in [6.07, 6.45) is 1.92. The summed E-state index contributed by atoms with van der Waals surface area (Å²) in [4.78, 5) is 28.9. The second-order valence-electron chi connectivity index (χ2n) is 7.76. The Kier molecular flexibility index (Phi) is 5.98. The van der Waals surface area contributed by atoms with E-state index in [4.69, 9.17) is 14.2 Å². The minimum absolute atomic E-state index is 0.0635. The van der Waals surface area contributed by atoms with Gasteiger partial charge in [0.1, 0.15) is 17.6 Å². The Morgan fingerprint density at radius 2 is 2.00 bits per heavy atom. The molecule has 1 spiro atoms. The van der Waals surface area contributed by atoms with Gasteiger partial charge in [-0.2, -0.15) is 0 Å². The molecule has 2 saturated heterocycles. The fraction of sp³-hybridized carbons (Fsp3) is 0.600. The summed E-state index contributed by atoms with van der Waals surface area (Å²) in [5.74, 6) is 1.07. The highest BCUT2D eigenvalue weighted by atomic mass is 16.6. The van der Waals surface area contributed by atoms with Gasteiger partial charge in [0.05, 0.1) is 25.3 Å². The number of methoxy groups -OCH3 is 2. The average Bonchev–Trinajstić information content (AvgIpc) is 2.96. The maximum Gasteiger partial charge on any atom is 0.321 e. The average molecular weight is 391 g/mol. The number of rotatable bonds is 5. The number of cyclic esters (lactones) is 1. The number of hydrogen-bond acceptors (Lipinski definition) is 6. The minimum Gasteiger partial charge on any atom is -0.497 e. The molecule has 1 aromatic rings. The smallest absolute Gasteiger partial charge is 0.321 e. The van der Waals surface area contributed by atoms with Crippen molar-refractivity contribution in [1.82, 2.24) is 9.80 Å². The summed E-state index contributed by atoms with van der Waals surface area (Å²) in [6, 6.07) is 5.04. The first kappa shape index (κ1) is 20.3. The van der Waals surface area contributed by atoms with E-state index in [1.54, 1.807) is 37.3 Å². The van der Waals surface area contributed by atoms with Gasteiger partial charge in [0, 0.05) is 32.1 Å². The largest absolute Gasteiger partial charge is 0.497 e. The van der Waals surface area contributed by atoms with Crippen molar-refractivity contribution < 1.29 is 23.8 Å². The quantitative estimate of drug-likeness (QED) is 0.775. The zero-order chi connectivity index (χ0) is 20.3. The molecule has 154 valence electrons. The predicted molar refractivity (Wildman–Crippen MR) is 105 cm³/mol. The lowest BCUT2D eigenvalue weighted by molar-refractivity contribution is -0.150. The number of piperidine rings is 1. The third-order valence-corrected chi connectivity index (χ3v) is 5.55. The number of benzene rings is 1. The number of ether oxygens (including phenoxy) is 3. The van der Waals surface area contributed by atoms with Gasteiger partial charge in [-0.05, 0) is 39.1 Å². The first-order valence-electron chi connectivity index (χ1n) is 9.50. The van der Waals surface area contributed by atoms with Crippen LogP contribution in [0.15, 0.2) is 18.2 Å². The third-order valence-electron chi connectivity index (χ3n) is 5.55. The number of hydrogen-bond donors (Lipinski definition) is 1. The van der Waals surface area contributed by atoms with Crippen LogP contribution in [0.2, 0.25) is 0 Å². The topological polar surface area (TPSA) is 80.3 Å². The Labute approximate surface area is 165 Å². The Balaban J connectivity index is 1.59. The predicted octanol–water partition coefficient (Wildman–Crippen LogP) is 2.19. The van der Waals surface area contributed by atoms with Crippen LogP contribution in [-0.4, -0.2) is 75.9 Å². The Morgan fingerprint density at radius 1 is 1.29 bits per heavy atom. The van der Waals surface area contributed by atoms with E-state index in [9.17, 15) is 9.59 Å². The van der Waals surface area contributed by atoms with Gasteiger partial charge < -0.3 is 29.3 Å². The number of likely N-dealkylation sites (N-methyl/N-ethyl adjacent to an activating group) is 1. The molecule has 28 heavy (non-hydrogen) atoms. The number of urea groups is 1. The van der Waals surface area contributed by atoms with Crippen molar-refractivity contribution >= 4 is 17.7 Å². The van der Waals surface area contributed by atoms with Crippen molar-refractivity contribution in [3.63, 3.8) is 0 Å². The van der Waals surface area contributed by atoms with Crippen molar-refractivity contribution in [1.29, 1.82) is 0 Å². The highest BCUT2D eigenvalue weighted by molar-refractivity contribution is 5.91. The summed E-state index contributed by atoms with van der Waals surface area (Å²) >= 11 is 0. The maximum atomic E-state index is 12.7. The van der Waals surface area contributed by atoms with Gasteiger partial charge in [-0.1, -0.05) is 0 Å². The van der Waals surface area contributed by atoms with E-state index < -0.39 is 5.41 Å². The monoisotopic (exact) mass is 391 g/mol. The second-order valence-corrected chi connectivity index (χ2v) is 7.76. The van der Waals surface area contributed by atoms with Gasteiger partial charge in [-0.3, -0.25) is 4.79 Å². The minimum atomic E-state index is -0.449. The molecule has 1 unspecified atom stereocenters. The van der Waals surface area contributed by atoms with E-state index in [2.05, 4.69) is 5.32 Å². The van der Waals surface area contributed by atoms with Crippen molar-refractivity contribution in [2.24, 2.45) is 5.41 Å². The van der Waals surface area contributed by atoms with Crippen LogP contribution in [0, 0.1) is 5.41 Å². The number of anilines is 1. The molecular formula is C20H29N3O5. The molecule has 2 aliphatic rings. The lowest BCUT2D eigenvalue weighted by Crippen LogP contribution is -2.46. The SMILES string of the molecule is COc1ccc(NC(=O)N2CCC3(CC2)CC(CN(C)C)OC3=O)c(OC)c1. The number of amides is 2. The molecule has 0 aromatic heterocycles. The molecule has 1 atom stereocenters. The molecule has 8 heteroatoms. The van der Waals surface area contributed by atoms with Crippen LogP contribution in [0.3, 0.4) is 0 Å². The van der Waals surface area contributed by atoms with Crippen LogP contribution in [0.4, 0.5) is 10.5 Å². The number of carbonyl (C=O) groups is 2. The van der Waals surface area contributed by atoms with Gasteiger partial charge in [-0.25, -0.2) is 4.79 Å². The molecule has 0 radical (unpaired) electrons. The van der Waals surface area contributed by atoms with Crippen LogP contribution in [-0.2, 0) is 9.53 Å². The van der Waals surface area contributed by atoms with E-state index in [0.717, 1.165) is 13.0 Å². The van der Waals surface area contributed by atoms with Crippen molar-refractivity contribution in [2.45, 2.75) is 25.4 Å². The zero-order valence-corrected chi connectivity index (χ0v) is 17.0. The van der Waals surface area contributed by atoms with Gasteiger partial charge in [-0.15, -0.1) is 0 Å². The fourth-order valence-electron chi connectivity index (χ4n) is 3.99. The summed E-state index contributed by atoms with van der Waals surface area (Å²) in [7, 11) is 7.07. The maximum absolute atomic E-state index is 12.7. The first-order valence-corrected chi connectivity index (χ1v) is 9.50. The van der Waals surface area contributed by atoms with Crippen LogP contribution in [0.25, 0.3) is 0 Å². The van der Waals surface area contributed by atoms with E-state index in [-0.39, 0.29) is 18.1 Å². The molecule has 2 amide bonds. The Morgan fingerprint density at radius 3 is 2.61 bits per heavy atom. The normalized spacial score (nSPS) is 21.0. The second kappa shape index (κ2) is 8.26. The molecule has 0 aliphatic carbocycles. The molecule has 2 heterocycles. The van der Waals surface area contributed by atoms with Gasteiger partial charge >= 0.3 is 12.0 Å². The molecule has 8 nitrogen and oxygen atoms in total. The highest BCUT2D eigenvalue weighted by Gasteiger charge is 2.50. The standard InChI is InChI=1S/C20H29N3O5/c1-22(2)13-15-12-20(18(24)28-15)7-9-23(10-8-20)19(25)21-16-6-5-14(26-3)11-17(16)27-4/h5-6,11,15H,7-10,12-13H2,1-4H3,(H,21,25). The summed E-state index contributed by atoms with van der Waals surface area (Å²) in [5.41, 5.74) is 0.134. The van der Waals surface area contributed by atoms with Crippen molar-refractivity contribution in [2.75, 3.05) is 53.3 Å². The number of nitrogens with one attached hydrogen (secondary N) is 1. The zero-order valence-electron chi connectivity index (χ0n) is 17.0. The van der Waals surface area contributed by atoms with E-state index in [1.165, 1.54) is 0 Å². The van der Waals surface area contributed by atoms with Crippen LogP contribution in [0.5, 0.6) is 11.5 Å². The number of likely N-dealkylation sites (tertiary alicyclic amines) is 1. The van der Waals surface area contributed by atoms with Crippen LogP contribution < -0.4 is 14.8 Å².